The third kappa shape index (κ3) is 3.66. The van der Waals surface area contributed by atoms with Gasteiger partial charge in [0.1, 0.15) is 0 Å². The summed E-state index contributed by atoms with van der Waals surface area (Å²) in [4.78, 5) is 28.9. The van der Waals surface area contributed by atoms with E-state index in [1.165, 1.54) is 0 Å². The maximum absolute atomic E-state index is 12.9. The fourth-order valence-electron chi connectivity index (χ4n) is 4.17. The molecule has 0 bridgehead atoms. The van der Waals surface area contributed by atoms with Crippen LogP contribution in [-0.2, 0) is 19.4 Å². The van der Waals surface area contributed by atoms with E-state index in [2.05, 4.69) is 9.59 Å². The smallest absolute Gasteiger partial charge is 0.234 e. The quantitative estimate of drug-likeness (QED) is 0.727. The van der Waals surface area contributed by atoms with Gasteiger partial charge in [-0.2, -0.15) is 0 Å². The molecule has 1 saturated heterocycles. The number of para-hydroxylation sites is 1. The summed E-state index contributed by atoms with van der Waals surface area (Å²) in [5, 5.41) is 4.04. The van der Waals surface area contributed by atoms with E-state index in [9.17, 15) is 18.0 Å². The summed E-state index contributed by atoms with van der Waals surface area (Å²) in [6, 6.07) is 7.57. The van der Waals surface area contributed by atoms with Gasteiger partial charge >= 0.3 is 0 Å². The highest BCUT2D eigenvalue weighted by molar-refractivity contribution is 7.92. The van der Waals surface area contributed by atoms with Crippen LogP contribution in [-0.4, -0.2) is 61.1 Å². The van der Waals surface area contributed by atoms with Gasteiger partial charge in [0.15, 0.2) is 14.0 Å². The number of aromatic nitrogens is 2. The first kappa shape index (κ1) is 20.0. The van der Waals surface area contributed by atoms with Crippen molar-refractivity contribution < 1.29 is 18.0 Å². The highest BCUT2D eigenvalue weighted by Gasteiger charge is 2.38. The van der Waals surface area contributed by atoms with Gasteiger partial charge in [-0.05, 0) is 24.5 Å². The summed E-state index contributed by atoms with van der Waals surface area (Å²) in [6.07, 6.45) is 2.58. The Hall–Kier alpha value is -2.33. The molecule has 0 N–H and O–H groups in total. The Morgan fingerprint density at radius 3 is 2.62 bits per heavy atom. The normalized spacial score (nSPS) is 20.2. The molecule has 4 rings (SSSR count). The summed E-state index contributed by atoms with van der Waals surface area (Å²) >= 11 is 0.901. The molecular weight excluding hydrogens is 412 g/mol. The van der Waals surface area contributed by atoms with Gasteiger partial charge < -0.3 is 9.80 Å². The molecule has 1 aromatic heterocycles. The lowest BCUT2D eigenvalue weighted by Gasteiger charge is -2.32. The van der Waals surface area contributed by atoms with Crippen LogP contribution in [0.5, 0.6) is 0 Å². The number of benzene rings is 1. The molecular formula is C19H22N4O4S2. The second kappa shape index (κ2) is 7.49. The molecule has 154 valence electrons. The van der Waals surface area contributed by atoms with Crippen molar-refractivity contribution in [1.29, 1.82) is 0 Å². The minimum absolute atomic E-state index is 0.0255. The van der Waals surface area contributed by atoms with Crippen molar-refractivity contribution in [3.63, 3.8) is 0 Å². The molecule has 3 heterocycles. The second-order valence-electron chi connectivity index (χ2n) is 7.59. The van der Waals surface area contributed by atoms with Gasteiger partial charge in [-0.1, -0.05) is 22.7 Å². The highest BCUT2D eigenvalue weighted by atomic mass is 32.2. The number of nitrogens with zero attached hydrogens (tertiary/aromatic N) is 4. The van der Waals surface area contributed by atoms with Crippen molar-refractivity contribution in [2.75, 3.05) is 31.3 Å². The number of carbonyl (C=O) groups is 2. The van der Waals surface area contributed by atoms with Crippen molar-refractivity contribution in [3.8, 4) is 0 Å². The van der Waals surface area contributed by atoms with Crippen molar-refractivity contribution >= 4 is 38.9 Å². The van der Waals surface area contributed by atoms with Crippen LogP contribution in [0, 0.1) is 0 Å². The minimum Gasteiger partial charge on any atom is -0.343 e. The molecule has 8 nitrogen and oxygen atoms in total. The van der Waals surface area contributed by atoms with Crippen LogP contribution in [0.15, 0.2) is 28.5 Å². The maximum Gasteiger partial charge on any atom is 0.234 e. The molecule has 2 aliphatic rings. The van der Waals surface area contributed by atoms with Gasteiger partial charge in [-0.15, -0.1) is 5.10 Å². The number of fused-ring (bicyclic) bond motifs is 1. The van der Waals surface area contributed by atoms with Crippen LogP contribution in [0.3, 0.4) is 0 Å². The number of hydrogen-bond donors (Lipinski definition) is 0. The van der Waals surface area contributed by atoms with E-state index < -0.39 is 15.8 Å². The van der Waals surface area contributed by atoms with Crippen LogP contribution in [0.1, 0.15) is 42.4 Å². The number of amides is 2. The molecule has 0 saturated carbocycles. The number of likely N-dealkylation sites (tertiary alicyclic amines) is 1. The van der Waals surface area contributed by atoms with Crippen LogP contribution in [0.25, 0.3) is 0 Å². The SMILES string of the molecule is CN1C(=O)C(CC(=O)N2CCC(c3nnsc3S(C)(=O)=O)CC2)c2ccccc21. The predicted octanol–water partition coefficient (Wildman–Crippen LogP) is 1.80. The van der Waals surface area contributed by atoms with Gasteiger partial charge in [-0.3, -0.25) is 9.59 Å². The Labute approximate surface area is 173 Å². The van der Waals surface area contributed by atoms with E-state index in [0.29, 0.717) is 31.6 Å². The molecule has 2 amide bonds. The summed E-state index contributed by atoms with van der Waals surface area (Å²) in [5.41, 5.74) is 2.28. The number of rotatable bonds is 4. The molecule has 1 unspecified atom stereocenters. The monoisotopic (exact) mass is 434 g/mol. The fourth-order valence-corrected chi connectivity index (χ4v) is 5.90. The number of hydrogen-bond acceptors (Lipinski definition) is 7. The van der Waals surface area contributed by atoms with Crippen LogP contribution < -0.4 is 4.90 Å². The summed E-state index contributed by atoms with van der Waals surface area (Å²) in [5.74, 6) is -0.573. The number of carbonyl (C=O) groups excluding carboxylic acids is 2. The van der Waals surface area contributed by atoms with Gasteiger partial charge in [0.25, 0.3) is 0 Å². The Bertz CT molecular complexity index is 1060. The lowest BCUT2D eigenvalue weighted by Crippen LogP contribution is -2.39. The first-order valence-corrected chi connectivity index (χ1v) is 12.1. The van der Waals surface area contributed by atoms with Crippen molar-refractivity contribution in [3.05, 3.63) is 35.5 Å². The molecule has 2 aliphatic heterocycles. The zero-order valence-electron chi connectivity index (χ0n) is 16.2. The zero-order valence-corrected chi connectivity index (χ0v) is 17.9. The molecule has 1 fully saturated rings. The van der Waals surface area contributed by atoms with E-state index in [1.54, 1.807) is 16.8 Å². The topological polar surface area (TPSA) is 101 Å². The van der Waals surface area contributed by atoms with Gasteiger partial charge in [0.2, 0.25) is 11.8 Å². The first-order chi connectivity index (χ1) is 13.8. The maximum atomic E-state index is 12.9. The zero-order chi connectivity index (χ0) is 20.8. The average molecular weight is 435 g/mol. The van der Waals surface area contributed by atoms with Crippen molar-refractivity contribution in [2.45, 2.75) is 35.3 Å². The second-order valence-corrected chi connectivity index (χ2v) is 10.6. The van der Waals surface area contributed by atoms with Crippen LogP contribution in [0.2, 0.25) is 0 Å². The highest BCUT2D eigenvalue weighted by Crippen LogP contribution is 2.39. The van der Waals surface area contributed by atoms with Gasteiger partial charge in [0, 0.05) is 56.0 Å². The standard InChI is InChI=1S/C19H22N4O4S2/c1-22-15-6-4-3-5-13(15)14(18(22)25)11-16(24)23-9-7-12(8-10-23)17-19(28-21-20-17)29(2,26)27/h3-6,12,14H,7-11H2,1-2H3. The Balaban J connectivity index is 1.42. The van der Waals surface area contributed by atoms with E-state index in [4.69, 9.17) is 0 Å². The molecule has 1 aromatic carbocycles. The number of piperidine rings is 1. The van der Waals surface area contributed by atoms with E-state index in [-0.39, 0.29) is 28.4 Å². The molecule has 29 heavy (non-hydrogen) atoms. The number of likely N-dealkylation sites (N-methyl/N-ethyl adjacent to an activating group) is 1. The Morgan fingerprint density at radius 2 is 1.93 bits per heavy atom. The lowest BCUT2D eigenvalue weighted by atomic mass is 9.92. The summed E-state index contributed by atoms with van der Waals surface area (Å²) < 4.78 is 27.9. The van der Waals surface area contributed by atoms with E-state index >= 15 is 0 Å². The van der Waals surface area contributed by atoms with Gasteiger partial charge in [-0.25, -0.2) is 8.42 Å². The molecule has 0 radical (unpaired) electrons. The minimum atomic E-state index is -3.35. The first-order valence-electron chi connectivity index (χ1n) is 9.44. The summed E-state index contributed by atoms with van der Waals surface area (Å²) in [6.45, 7) is 1.03. The number of sulfone groups is 1. The van der Waals surface area contributed by atoms with E-state index in [1.807, 2.05) is 24.3 Å². The van der Waals surface area contributed by atoms with Crippen molar-refractivity contribution in [1.82, 2.24) is 14.5 Å². The molecule has 10 heteroatoms. The molecule has 0 spiro atoms. The largest absolute Gasteiger partial charge is 0.343 e. The number of anilines is 1. The molecule has 0 aliphatic carbocycles. The molecule has 2 aromatic rings. The lowest BCUT2D eigenvalue weighted by molar-refractivity contribution is -0.134. The Kier molecular flexibility index (Phi) is 5.16. The average Bonchev–Trinajstić information content (AvgIpc) is 3.29. The Morgan fingerprint density at radius 1 is 1.24 bits per heavy atom. The third-order valence-corrected chi connectivity index (χ3v) is 8.29. The van der Waals surface area contributed by atoms with E-state index in [0.717, 1.165) is 29.0 Å². The van der Waals surface area contributed by atoms with Gasteiger partial charge in [0.05, 0.1) is 11.6 Å². The van der Waals surface area contributed by atoms with Crippen molar-refractivity contribution in [2.24, 2.45) is 0 Å². The fraction of sp³-hybridized carbons (Fsp3) is 0.474. The third-order valence-electron chi connectivity index (χ3n) is 5.73. The predicted molar refractivity (Wildman–Crippen MR) is 109 cm³/mol. The summed E-state index contributed by atoms with van der Waals surface area (Å²) in [7, 11) is -1.62. The molecule has 1 atom stereocenters. The van der Waals surface area contributed by atoms with Crippen LogP contribution >= 0.6 is 11.5 Å². The van der Waals surface area contributed by atoms with Crippen LogP contribution in [0.4, 0.5) is 5.69 Å².